The van der Waals surface area contributed by atoms with Crippen LogP contribution in [0.25, 0.3) is 10.6 Å². The Labute approximate surface area is 149 Å². The van der Waals surface area contributed by atoms with Gasteiger partial charge in [-0.1, -0.05) is 65.9 Å². The van der Waals surface area contributed by atoms with E-state index < -0.39 is 0 Å². The van der Waals surface area contributed by atoms with Gasteiger partial charge in [-0.15, -0.1) is 22.0 Å². The third kappa shape index (κ3) is 4.43. The number of carbonyl (C=O) groups excluding carboxylic acids is 1. The van der Waals surface area contributed by atoms with E-state index in [1.807, 2.05) is 42.5 Å². The number of aryl methyl sites for hydroxylation is 1. The number of hydrogen-bond acceptors (Lipinski definition) is 5. The lowest BCUT2D eigenvalue weighted by molar-refractivity contribution is -0.113. The maximum absolute atomic E-state index is 12.0. The van der Waals surface area contributed by atoms with Crippen LogP contribution >= 0.6 is 23.1 Å². The van der Waals surface area contributed by atoms with Gasteiger partial charge in [0.2, 0.25) is 11.0 Å². The standard InChI is InChI=1S/C18H17N3OS2/c1-13-7-5-6-10-15(13)11-23-12-16(22)19-18-21-20-17(24-18)14-8-3-2-4-9-14/h2-10H,11-12H2,1H3,(H,19,21,22). The fourth-order valence-corrected chi connectivity index (χ4v) is 3.82. The molecule has 1 heterocycles. The fraction of sp³-hybridized carbons (Fsp3) is 0.167. The number of rotatable bonds is 6. The molecule has 122 valence electrons. The lowest BCUT2D eigenvalue weighted by Crippen LogP contribution is -2.14. The lowest BCUT2D eigenvalue weighted by Gasteiger charge is -2.05. The van der Waals surface area contributed by atoms with Gasteiger partial charge in [-0.25, -0.2) is 0 Å². The van der Waals surface area contributed by atoms with Gasteiger partial charge >= 0.3 is 0 Å². The Morgan fingerprint density at radius 2 is 1.83 bits per heavy atom. The predicted molar refractivity (Wildman–Crippen MR) is 101 cm³/mol. The maximum atomic E-state index is 12.0. The van der Waals surface area contributed by atoms with Crippen molar-refractivity contribution >= 4 is 34.1 Å². The molecule has 0 saturated carbocycles. The Kier molecular flexibility index (Phi) is 5.61. The van der Waals surface area contributed by atoms with Crippen molar-refractivity contribution in [2.75, 3.05) is 11.1 Å². The molecule has 4 nitrogen and oxygen atoms in total. The Bertz CT molecular complexity index is 818. The molecular weight excluding hydrogens is 338 g/mol. The molecule has 0 atom stereocenters. The monoisotopic (exact) mass is 355 g/mol. The number of nitrogens with one attached hydrogen (secondary N) is 1. The maximum Gasteiger partial charge on any atom is 0.236 e. The van der Waals surface area contributed by atoms with Crippen LogP contribution in [0.1, 0.15) is 11.1 Å². The third-order valence-electron chi connectivity index (χ3n) is 3.44. The molecule has 3 rings (SSSR count). The summed E-state index contributed by atoms with van der Waals surface area (Å²) in [5.74, 6) is 1.17. The molecule has 0 aliphatic rings. The van der Waals surface area contributed by atoms with Crippen LogP contribution in [-0.2, 0) is 10.5 Å². The van der Waals surface area contributed by atoms with E-state index >= 15 is 0 Å². The number of thioether (sulfide) groups is 1. The van der Waals surface area contributed by atoms with E-state index in [2.05, 4.69) is 34.6 Å². The molecule has 3 aromatic rings. The summed E-state index contributed by atoms with van der Waals surface area (Å²) in [4.78, 5) is 12.0. The molecule has 0 fully saturated rings. The van der Waals surface area contributed by atoms with Crippen molar-refractivity contribution in [1.82, 2.24) is 10.2 Å². The molecule has 1 amide bonds. The summed E-state index contributed by atoms with van der Waals surface area (Å²) < 4.78 is 0. The van der Waals surface area contributed by atoms with Crippen LogP contribution in [0.3, 0.4) is 0 Å². The average molecular weight is 355 g/mol. The van der Waals surface area contributed by atoms with E-state index in [4.69, 9.17) is 0 Å². The smallest absolute Gasteiger partial charge is 0.236 e. The summed E-state index contributed by atoms with van der Waals surface area (Å²) >= 11 is 2.98. The van der Waals surface area contributed by atoms with E-state index in [-0.39, 0.29) is 5.91 Å². The molecule has 0 aliphatic carbocycles. The molecule has 0 unspecified atom stereocenters. The summed E-state index contributed by atoms with van der Waals surface area (Å²) in [6.45, 7) is 2.09. The van der Waals surface area contributed by atoms with Crippen molar-refractivity contribution in [2.24, 2.45) is 0 Å². The molecule has 0 bridgehead atoms. The topological polar surface area (TPSA) is 54.9 Å². The average Bonchev–Trinajstić information content (AvgIpc) is 3.06. The van der Waals surface area contributed by atoms with E-state index in [1.165, 1.54) is 22.5 Å². The van der Waals surface area contributed by atoms with Crippen molar-refractivity contribution in [3.8, 4) is 10.6 Å². The summed E-state index contributed by atoms with van der Waals surface area (Å²) in [5.41, 5.74) is 3.52. The molecule has 1 N–H and O–H groups in total. The largest absolute Gasteiger partial charge is 0.300 e. The molecule has 0 aliphatic heterocycles. The molecular formula is C18H17N3OS2. The second-order valence-corrected chi connectivity index (χ2v) is 7.21. The van der Waals surface area contributed by atoms with Crippen LogP contribution < -0.4 is 5.32 Å². The third-order valence-corrected chi connectivity index (χ3v) is 5.31. The van der Waals surface area contributed by atoms with Gasteiger partial charge in [-0.3, -0.25) is 10.1 Å². The van der Waals surface area contributed by atoms with Crippen LogP contribution in [0.4, 0.5) is 5.13 Å². The fourth-order valence-electron chi connectivity index (χ4n) is 2.15. The second kappa shape index (κ2) is 8.08. The molecule has 24 heavy (non-hydrogen) atoms. The quantitative estimate of drug-likeness (QED) is 0.713. The minimum absolute atomic E-state index is 0.0515. The SMILES string of the molecule is Cc1ccccc1CSCC(=O)Nc1nnc(-c2ccccc2)s1. The van der Waals surface area contributed by atoms with Gasteiger partial charge in [0.05, 0.1) is 5.75 Å². The molecule has 2 aromatic carbocycles. The summed E-state index contributed by atoms with van der Waals surface area (Å²) in [6, 6.07) is 18.0. The first kappa shape index (κ1) is 16.7. The second-order valence-electron chi connectivity index (χ2n) is 5.25. The minimum Gasteiger partial charge on any atom is -0.300 e. The zero-order valence-electron chi connectivity index (χ0n) is 13.2. The Balaban J connectivity index is 1.51. The van der Waals surface area contributed by atoms with Crippen molar-refractivity contribution < 1.29 is 4.79 Å². The van der Waals surface area contributed by atoms with Crippen LogP contribution in [-0.4, -0.2) is 21.9 Å². The van der Waals surface area contributed by atoms with Crippen molar-refractivity contribution in [1.29, 1.82) is 0 Å². The summed E-state index contributed by atoms with van der Waals surface area (Å²) in [7, 11) is 0. The highest BCUT2D eigenvalue weighted by Gasteiger charge is 2.09. The number of hydrogen-bond donors (Lipinski definition) is 1. The zero-order valence-corrected chi connectivity index (χ0v) is 14.9. The Hall–Kier alpha value is -2.18. The minimum atomic E-state index is -0.0515. The highest BCUT2D eigenvalue weighted by Crippen LogP contribution is 2.26. The van der Waals surface area contributed by atoms with E-state index in [1.54, 1.807) is 11.8 Å². The number of aromatic nitrogens is 2. The van der Waals surface area contributed by atoms with Crippen molar-refractivity contribution in [3.05, 3.63) is 65.7 Å². The number of benzene rings is 2. The number of anilines is 1. The first-order valence-electron chi connectivity index (χ1n) is 7.53. The zero-order chi connectivity index (χ0) is 16.8. The lowest BCUT2D eigenvalue weighted by atomic mass is 10.1. The van der Waals surface area contributed by atoms with Gasteiger partial charge in [-0.05, 0) is 18.1 Å². The Morgan fingerprint density at radius 3 is 2.62 bits per heavy atom. The molecule has 0 radical (unpaired) electrons. The van der Waals surface area contributed by atoms with Crippen LogP contribution in [0.2, 0.25) is 0 Å². The van der Waals surface area contributed by atoms with Gasteiger partial charge < -0.3 is 0 Å². The normalized spacial score (nSPS) is 10.5. The molecule has 6 heteroatoms. The van der Waals surface area contributed by atoms with E-state index in [0.29, 0.717) is 10.9 Å². The summed E-state index contributed by atoms with van der Waals surface area (Å²) in [5, 5.41) is 12.3. The van der Waals surface area contributed by atoms with Gasteiger partial charge in [-0.2, -0.15) is 0 Å². The highest BCUT2D eigenvalue weighted by molar-refractivity contribution is 7.99. The predicted octanol–water partition coefficient (Wildman–Crippen LogP) is 4.39. The number of nitrogens with zero attached hydrogens (tertiary/aromatic N) is 2. The number of amides is 1. The molecule has 1 aromatic heterocycles. The molecule has 0 saturated heterocycles. The molecule has 0 spiro atoms. The van der Waals surface area contributed by atoms with Gasteiger partial charge in [0, 0.05) is 11.3 Å². The van der Waals surface area contributed by atoms with Gasteiger partial charge in [0.25, 0.3) is 0 Å². The summed E-state index contributed by atoms with van der Waals surface area (Å²) in [6.07, 6.45) is 0. The van der Waals surface area contributed by atoms with E-state index in [9.17, 15) is 4.79 Å². The van der Waals surface area contributed by atoms with E-state index in [0.717, 1.165) is 16.3 Å². The first-order valence-corrected chi connectivity index (χ1v) is 9.50. The van der Waals surface area contributed by atoms with Gasteiger partial charge in [0.15, 0.2) is 0 Å². The van der Waals surface area contributed by atoms with Crippen molar-refractivity contribution in [2.45, 2.75) is 12.7 Å². The Morgan fingerprint density at radius 1 is 1.08 bits per heavy atom. The van der Waals surface area contributed by atoms with Crippen LogP contribution in [0.15, 0.2) is 54.6 Å². The van der Waals surface area contributed by atoms with Crippen LogP contribution in [0, 0.1) is 6.92 Å². The first-order chi connectivity index (χ1) is 11.7. The van der Waals surface area contributed by atoms with Crippen LogP contribution in [0.5, 0.6) is 0 Å². The van der Waals surface area contributed by atoms with Gasteiger partial charge in [0.1, 0.15) is 5.01 Å². The number of carbonyl (C=O) groups is 1. The van der Waals surface area contributed by atoms with Crippen molar-refractivity contribution in [3.63, 3.8) is 0 Å². The highest BCUT2D eigenvalue weighted by atomic mass is 32.2.